The zero-order valence-electron chi connectivity index (χ0n) is 12.0. The van der Waals surface area contributed by atoms with Crippen molar-refractivity contribution in [3.8, 4) is 0 Å². The van der Waals surface area contributed by atoms with Crippen LogP contribution < -0.4 is 5.32 Å². The van der Waals surface area contributed by atoms with Crippen molar-refractivity contribution in [2.75, 3.05) is 12.3 Å². The van der Waals surface area contributed by atoms with Gasteiger partial charge >= 0.3 is 12.1 Å². The first-order valence-electron chi connectivity index (χ1n) is 5.98. The number of alkyl carbamates (subject to hydrolysis) is 1. The van der Waals surface area contributed by atoms with Crippen molar-refractivity contribution in [2.45, 2.75) is 40.4 Å². The quantitative estimate of drug-likeness (QED) is 0.324. The lowest BCUT2D eigenvalue weighted by Gasteiger charge is -2.28. The summed E-state index contributed by atoms with van der Waals surface area (Å²) < 4.78 is 39.3. The van der Waals surface area contributed by atoms with Crippen LogP contribution in [0.1, 0.15) is 34.1 Å². The Balaban J connectivity index is 4.24. The molecule has 0 fully saturated rings. The summed E-state index contributed by atoms with van der Waals surface area (Å²) in [5.41, 5.74) is -0.600. The van der Waals surface area contributed by atoms with E-state index < -0.39 is 39.6 Å². The minimum atomic E-state index is -4.05. The van der Waals surface area contributed by atoms with E-state index in [1.165, 1.54) is 6.92 Å². The summed E-state index contributed by atoms with van der Waals surface area (Å²) in [6.07, 6.45) is -1.84. The maximum atomic E-state index is 11.5. The van der Waals surface area contributed by atoms with Crippen molar-refractivity contribution in [1.82, 2.24) is 5.32 Å². The third-order valence-corrected chi connectivity index (χ3v) is 2.85. The van der Waals surface area contributed by atoms with Crippen LogP contribution in [-0.4, -0.2) is 43.6 Å². The molecule has 0 heterocycles. The van der Waals surface area contributed by atoms with Crippen LogP contribution in [0.5, 0.6) is 0 Å². The van der Waals surface area contributed by atoms with Crippen molar-refractivity contribution < 1.29 is 32.0 Å². The molecule has 8 nitrogen and oxygen atoms in total. The van der Waals surface area contributed by atoms with Gasteiger partial charge in [0.2, 0.25) is 0 Å². The van der Waals surface area contributed by atoms with Gasteiger partial charge in [-0.25, -0.2) is 4.79 Å². The van der Waals surface area contributed by atoms with Crippen LogP contribution >= 0.6 is 0 Å². The Morgan fingerprint density at radius 1 is 1.25 bits per heavy atom. The second-order valence-corrected chi connectivity index (χ2v) is 6.85. The van der Waals surface area contributed by atoms with Crippen LogP contribution in [-0.2, 0) is 24.4 Å². The molecule has 0 bridgehead atoms. The molecule has 20 heavy (non-hydrogen) atoms. The highest BCUT2D eigenvalue weighted by Gasteiger charge is 2.31. The standard InChI is InChI=1S/C11H21NO7S/c1-8(13)18-9(11(2,3)4)19-10(14)12-6-5-7-20(15,16)17/h9H,5-7H2,1-4H3,(H,12,14)(H,15,16,17). The van der Waals surface area contributed by atoms with Crippen LogP contribution in [0.3, 0.4) is 0 Å². The van der Waals surface area contributed by atoms with E-state index in [0.717, 1.165) is 0 Å². The summed E-state index contributed by atoms with van der Waals surface area (Å²) >= 11 is 0. The van der Waals surface area contributed by atoms with Gasteiger partial charge in [-0.05, 0) is 6.42 Å². The van der Waals surface area contributed by atoms with Crippen LogP contribution in [0.2, 0.25) is 0 Å². The summed E-state index contributed by atoms with van der Waals surface area (Å²) in [7, 11) is -4.05. The van der Waals surface area contributed by atoms with Crippen molar-refractivity contribution in [1.29, 1.82) is 0 Å². The summed E-state index contributed by atoms with van der Waals surface area (Å²) in [6.45, 7) is 6.40. The van der Waals surface area contributed by atoms with Gasteiger partial charge < -0.3 is 14.8 Å². The van der Waals surface area contributed by atoms with Crippen LogP contribution in [0.25, 0.3) is 0 Å². The van der Waals surface area contributed by atoms with Crippen molar-refractivity contribution in [2.24, 2.45) is 5.41 Å². The predicted molar refractivity (Wildman–Crippen MR) is 70.5 cm³/mol. The van der Waals surface area contributed by atoms with Crippen molar-refractivity contribution >= 4 is 22.2 Å². The lowest BCUT2D eigenvalue weighted by atomic mass is 9.96. The molecule has 0 radical (unpaired) electrons. The Morgan fingerprint density at radius 2 is 1.80 bits per heavy atom. The smallest absolute Gasteiger partial charge is 0.410 e. The van der Waals surface area contributed by atoms with Gasteiger partial charge in [-0.2, -0.15) is 8.42 Å². The van der Waals surface area contributed by atoms with Gasteiger partial charge in [0.25, 0.3) is 16.4 Å². The highest BCUT2D eigenvalue weighted by atomic mass is 32.2. The summed E-state index contributed by atoms with van der Waals surface area (Å²) in [5.74, 6) is -1.04. The molecule has 0 saturated heterocycles. The zero-order valence-corrected chi connectivity index (χ0v) is 12.8. The van der Waals surface area contributed by atoms with E-state index in [0.29, 0.717) is 0 Å². The Morgan fingerprint density at radius 3 is 2.20 bits per heavy atom. The van der Waals surface area contributed by atoms with E-state index in [1.807, 2.05) is 0 Å². The highest BCUT2D eigenvalue weighted by molar-refractivity contribution is 7.85. The van der Waals surface area contributed by atoms with E-state index >= 15 is 0 Å². The molecular formula is C11H21NO7S. The van der Waals surface area contributed by atoms with E-state index in [1.54, 1.807) is 20.8 Å². The highest BCUT2D eigenvalue weighted by Crippen LogP contribution is 2.23. The second kappa shape index (κ2) is 7.44. The summed E-state index contributed by atoms with van der Waals surface area (Å²) in [6, 6.07) is 0. The topological polar surface area (TPSA) is 119 Å². The summed E-state index contributed by atoms with van der Waals surface area (Å²) in [4.78, 5) is 22.4. The van der Waals surface area contributed by atoms with Gasteiger partial charge in [-0.1, -0.05) is 20.8 Å². The molecular weight excluding hydrogens is 290 g/mol. The Bertz CT molecular complexity index is 438. The Hall–Kier alpha value is -1.35. The summed E-state index contributed by atoms with van der Waals surface area (Å²) in [5, 5.41) is 2.30. The van der Waals surface area contributed by atoms with Gasteiger partial charge in [0.05, 0.1) is 5.75 Å². The first-order valence-corrected chi connectivity index (χ1v) is 7.59. The molecule has 0 rings (SSSR count). The van der Waals surface area contributed by atoms with Gasteiger partial charge in [0.1, 0.15) is 0 Å². The van der Waals surface area contributed by atoms with Gasteiger partial charge in [0.15, 0.2) is 0 Å². The molecule has 118 valence electrons. The van der Waals surface area contributed by atoms with Crippen molar-refractivity contribution in [3.63, 3.8) is 0 Å². The molecule has 1 amide bonds. The fourth-order valence-electron chi connectivity index (χ4n) is 1.11. The maximum Gasteiger partial charge on any atom is 0.410 e. The number of ether oxygens (including phenoxy) is 2. The minimum Gasteiger partial charge on any atom is -0.425 e. The maximum absolute atomic E-state index is 11.5. The van der Waals surface area contributed by atoms with Crippen LogP contribution in [0.15, 0.2) is 0 Å². The number of amides is 1. The molecule has 0 spiro atoms. The normalized spacial score (nSPS) is 13.4. The molecule has 0 aromatic rings. The molecule has 1 unspecified atom stereocenters. The fourth-order valence-corrected chi connectivity index (χ4v) is 1.62. The first-order chi connectivity index (χ1) is 8.92. The third-order valence-electron chi connectivity index (χ3n) is 2.04. The van der Waals surface area contributed by atoms with Crippen LogP contribution in [0.4, 0.5) is 4.79 Å². The van der Waals surface area contributed by atoms with Gasteiger partial charge in [-0.3, -0.25) is 9.35 Å². The fraction of sp³-hybridized carbons (Fsp3) is 0.818. The molecule has 0 aliphatic rings. The van der Waals surface area contributed by atoms with Gasteiger partial charge in [0, 0.05) is 18.9 Å². The van der Waals surface area contributed by atoms with Crippen molar-refractivity contribution in [3.05, 3.63) is 0 Å². The molecule has 0 aliphatic carbocycles. The number of hydrogen-bond donors (Lipinski definition) is 2. The second-order valence-electron chi connectivity index (χ2n) is 5.28. The largest absolute Gasteiger partial charge is 0.425 e. The zero-order chi connectivity index (χ0) is 16.0. The van der Waals surface area contributed by atoms with E-state index in [4.69, 9.17) is 14.0 Å². The molecule has 9 heteroatoms. The molecule has 2 N–H and O–H groups in total. The Labute approximate surface area is 118 Å². The lowest BCUT2D eigenvalue weighted by molar-refractivity contribution is -0.183. The number of carbonyl (C=O) groups excluding carboxylic acids is 2. The molecule has 1 atom stereocenters. The van der Waals surface area contributed by atoms with E-state index in [2.05, 4.69) is 5.32 Å². The third kappa shape index (κ3) is 9.56. The number of esters is 1. The number of carbonyl (C=O) groups is 2. The van der Waals surface area contributed by atoms with E-state index in [9.17, 15) is 18.0 Å². The SMILES string of the molecule is CC(=O)OC(OC(=O)NCCCS(=O)(=O)O)C(C)(C)C. The Kier molecular flexibility index (Phi) is 6.94. The van der Waals surface area contributed by atoms with Gasteiger partial charge in [-0.15, -0.1) is 0 Å². The number of nitrogens with one attached hydrogen (secondary N) is 1. The lowest BCUT2D eigenvalue weighted by Crippen LogP contribution is -2.39. The first kappa shape index (κ1) is 18.7. The van der Waals surface area contributed by atoms with Crippen LogP contribution in [0, 0.1) is 5.41 Å². The minimum absolute atomic E-state index is 0.00948. The predicted octanol–water partition coefficient (Wildman–Crippen LogP) is 0.926. The average molecular weight is 311 g/mol. The van der Waals surface area contributed by atoms with E-state index in [-0.39, 0.29) is 13.0 Å². The molecule has 0 aromatic heterocycles. The molecule has 0 aliphatic heterocycles. The molecule has 0 aromatic carbocycles. The monoisotopic (exact) mass is 311 g/mol. The average Bonchev–Trinajstić information content (AvgIpc) is 2.20. The number of rotatable bonds is 6. The molecule has 0 saturated carbocycles. The number of hydrogen-bond acceptors (Lipinski definition) is 6.